The molecule has 3 N–H and O–H groups in total. The van der Waals surface area contributed by atoms with Gasteiger partial charge in [0.05, 0.1) is 6.04 Å². The van der Waals surface area contributed by atoms with Gasteiger partial charge in [-0.25, -0.2) is 18.6 Å². The Morgan fingerprint density at radius 1 is 1.00 bits per heavy atom. The van der Waals surface area contributed by atoms with E-state index in [1.807, 2.05) is 0 Å². The maximum absolute atomic E-state index is 13.7. The maximum atomic E-state index is 13.7. The van der Waals surface area contributed by atoms with Crippen LogP contribution in [0, 0.1) is 24.4 Å². The Kier molecular flexibility index (Phi) is 3.87. The van der Waals surface area contributed by atoms with Crippen LogP contribution in [-0.4, -0.2) is 0 Å². The molecule has 0 bridgehead atoms. The summed E-state index contributed by atoms with van der Waals surface area (Å²) in [7, 11) is 0. The molecule has 2 aromatic rings. The van der Waals surface area contributed by atoms with Crippen LogP contribution >= 0.6 is 0 Å². The van der Waals surface area contributed by atoms with Gasteiger partial charge in [-0.1, -0.05) is 18.2 Å². The highest BCUT2D eigenvalue weighted by atomic mass is 19.1. The Hall–Kier alpha value is -1.85. The Morgan fingerprint density at radius 2 is 1.74 bits per heavy atom. The smallest absolute Gasteiger partial charge is 0.131 e. The lowest BCUT2D eigenvalue weighted by atomic mass is 9.97. The summed E-state index contributed by atoms with van der Waals surface area (Å²) in [4.78, 5) is 0. The van der Waals surface area contributed by atoms with E-state index in [-0.39, 0.29) is 5.56 Å². The Morgan fingerprint density at radius 3 is 2.32 bits per heavy atom. The first-order chi connectivity index (χ1) is 9.02. The van der Waals surface area contributed by atoms with Crippen LogP contribution in [0.2, 0.25) is 0 Å². The molecule has 0 aromatic heterocycles. The van der Waals surface area contributed by atoms with Crippen molar-refractivity contribution in [2.75, 3.05) is 0 Å². The summed E-state index contributed by atoms with van der Waals surface area (Å²) in [6.07, 6.45) is 0. The van der Waals surface area contributed by atoms with Crippen LogP contribution in [0.5, 0.6) is 0 Å². The highest BCUT2D eigenvalue weighted by Gasteiger charge is 2.18. The van der Waals surface area contributed by atoms with E-state index in [1.54, 1.807) is 19.1 Å². The quantitative estimate of drug-likeness (QED) is 0.662. The summed E-state index contributed by atoms with van der Waals surface area (Å²) in [6, 6.07) is 6.95. The van der Waals surface area contributed by atoms with Crippen LogP contribution in [0.15, 0.2) is 36.4 Å². The number of nitrogens with two attached hydrogens (primary N) is 1. The first-order valence-electron chi connectivity index (χ1n) is 5.70. The van der Waals surface area contributed by atoms with Crippen molar-refractivity contribution in [1.29, 1.82) is 0 Å². The molecule has 0 spiro atoms. The lowest BCUT2D eigenvalue weighted by Gasteiger charge is -2.18. The van der Waals surface area contributed by atoms with Gasteiger partial charge in [0.15, 0.2) is 0 Å². The van der Waals surface area contributed by atoms with E-state index in [1.165, 1.54) is 12.1 Å². The van der Waals surface area contributed by atoms with Gasteiger partial charge in [0.25, 0.3) is 0 Å². The number of halogens is 3. The zero-order chi connectivity index (χ0) is 14.0. The van der Waals surface area contributed by atoms with Crippen molar-refractivity contribution in [2.45, 2.75) is 13.0 Å². The van der Waals surface area contributed by atoms with Gasteiger partial charge in [-0.3, -0.25) is 5.84 Å². The molecule has 2 nitrogen and oxygen atoms in total. The van der Waals surface area contributed by atoms with E-state index in [9.17, 15) is 13.2 Å². The number of hydrogen-bond acceptors (Lipinski definition) is 2. The molecule has 2 rings (SSSR count). The van der Waals surface area contributed by atoms with Crippen molar-refractivity contribution in [3.63, 3.8) is 0 Å². The maximum Gasteiger partial charge on any atom is 0.131 e. The van der Waals surface area contributed by atoms with Gasteiger partial charge in [-0.15, -0.1) is 0 Å². The molecule has 0 aliphatic heterocycles. The van der Waals surface area contributed by atoms with Crippen LogP contribution in [0.4, 0.5) is 13.2 Å². The molecular weight excluding hydrogens is 253 g/mol. The number of hydrazine groups is 1. The van der Waals surface area contributed by atoms with Gasteiger partial charge in [0, 0.05) is 11.6 Å². The molecule has 0 radical (unpaired) electrons. The Labute approximate surface area is 109 Å². The van der Waals surface area contributed by atoms with E-state index in [0.29, 0.717) is 11.1 Å². The summed E-state index contributed by atoms with van der Waals surface area (Å²) < 4.78 is 40.1. The van der Waals surface area contributed by atoms with E-state index < -0.39 is 23.5 Å². The van der Waals surface area contributed by atoms with Gasteiger partial charge in [0.1, 0.15) is 17.5 Å². The fourth-order valence-corrected chi connectivity index (χ4v) is 1.89. The molecule has 0 amide bonds. The number of benzene rings is 2. The van der Waals surface area contributed by atoms with E-state index in [2.05, 4.69) is 5.43 Å². The molecule has 0 aliphatic carbocycles. The molecule has 19 heavy (non-hydrogen) atoms. The van der Waals surface area contributed by atoms with Gasteiger partial charge >= 0.3 is 0 Å². The number of rotatable bonds is 3. The second kappa shape index (κ2) is 5.42. The highest BCUT2D eigenvalue weighted by Crippen LogP contribution is 2.25. The summed E-state index contributed by atoms with van der Waals surface area (Å²) >= 11 is 0. The average Bonchev–Trinajstić information content (AvgIpc) is 2.37. The van der Waals surface area contributed by atoms with E-state index in [4.69, 9.17) is 5.84 Å². The SMILES string of the molecule is Cc1ccc(C(NN)c2ccc(F)cc2F)cc1F. The largest absolute Gasteiger partial charge is 0.271 e. The summed E-state index contributed by atoms with van der Waals surface area (Å²) in [5.74, 6) is 3.59. The lowest BCUT2D eigenvalue weighted by molar-refractivity contribution is 0.538. The molecule has 0 saturated heterocycles. The highest BCUT2D eigenvalue weighted by molar-refractivity contribution is 5.34. The van der Waals surface area contributed by atoms with E-state index >= 15 is 0 Å². The topological polar surface area (TPSA) is 38.0 Å². The number of hydrogen-bond donors (Lipinski definition) is 2. The normalized spacial score (nSPS) is 12.5. The zero-order valence-electron chi connectivity index (χ0n) is 10.3. The second-order valence-electron chi connectivity index (χ2n) is 4.27. The number of aryl methyl sites for hydroxylation is 1. The van der Waals surface area contributed by atoms with Gasteiger partial charge in [-0.05, 0) is 30.2 Å². The van der Waals surface area contributed by atoms with Crippen LogP contribution in [0.25, 0.3) is 0 Å². The van der Waals surface area contributed by atoms with Crippen LogP contribution in [-0.2, 0) is 0 Å². The molecule has 0 aliphatic rings. The Bertz CT molecular complexity index is 599. The van der Waals surface area contributed by atoms with Crippen molar-refractivity contribution in [3.8, 4) is 0 Å². The van der Waals surface area contributed by atoms with Crippen molar-refractivity contribution in [3.05, 3.63) is 70.5 Å². The predicted molar refractivity (Wildman–Crippen MR) is 66.7 cm³/mol. The lowest BCUT2D eigenvalue weighted by Crippen LogP contribution is -2.29. The minimum Gasteiger partial charge on any atom is -0.271 e. The van der Waals surface area contributed by atoms with Crippen LogP contribution in [0.1, 0.15) is 22.7 Å². The third-order valence-corrected chi connectivity index (χ3v) is 2.97. The summed E-state index contributed by atoms with van der Waals surface area (Å²) in [6.45, 7) is 1.63. The zero-order valence-corrected chi connectivity index (χ0v) is 10.3. The molecule has 1 unspecified atom stereocenters. The standard InChI is InChI=1S/C14H13F3N2/c1-8-2-3-9(6-12(8)16)14(19-18)11-5-4-10(15)7-13(11)17/h2-7,14,19H,18H2,1H3. The van der Waals surface area contributed by atoms with Gasteiger partial charge in [0.2, 0.25) is 0 Å². The fraction of sp³-hybridized carbons (Fsp3) is 0.143. The Balaban J connectivity index is 2.46. The van der Waals surface area contributed by atoms with Crippen LogP contribution in [0.3, 0.4) is 0 Å². The van der Waals surface area contributed by atoms with Gasteiger partial charge in [-0.2, -0.15) is 0 Å². The summed E-state index contributed by atoms with van der Waals surface area (Å²) in [5.41, 5.74) is 3.53. The van der Waals surface area contributed by atoms with Crippen molar-refractivity contribution in [2.24, 2.45) is 5.84 Å². The molecule has 0 fully saturated rings. The summed E-state index contributed by atoms with van der Waals surface area (Å²) in [5, 5.41) is 0. The van der Waals surface area contributed by atoms with Crippen LogP contribution < -0.4 is 11.3 Å². The fourth-order valence-electron chi connectivity index (χ4n) is 1.89. The van der Waals surface area contributed by atoms with E-state index in [0.717, 1.165) is 12.1 Å². The van der Waals surface area contributed by atoms with Crippen molar-refractivity contribution in [1.82, 2.24) is 5.43 Å². The molecule has 100 valence electrons. The third kappa shape index (κ3) is 2.77. The molecule has 0 saturated carbocycles. The van der Waals surface area contributed by atoms with Gasteiger partial charge < -0.3 is 0 Å². The number of nitrogens with one attached hydrogen (secondary N) is 1. The molecule has 1 atom stereocenters. The monoisotopic (exact) mass is 266 g/mol. The average molecular weight is 266 g/mol. The molecular formula is C14H13F3N2. The molecule has 0 heterocycles. The first kappa shape index (κ1) is 13.6. The first-order valence-corrected chi connectivity index (χ1v) is 5.70. The third-order valence-electron chi connectivity index (χ3n) is 2.97. The molecule has 2 aromatic carbocycles. The molecule has 5 heteroatoms. The minimum absolute atomic E-state index is 0.159. The van der Waals surface area contributed by atoms with Crippen molar-refractivity contribution < 1.29 is 13.2 Å². The second-order valence-corrected chi connectivity index (χ2v) is 4.27. The van der Waals surface area contributed by atoms with Crippen molar-refractivity contribution >= 4 is 0 Å². The predicted octanol–water partition coefficient (Wildman–Crippen LogP) is 2.97. The minimum atomic E-state index is -0.740.